The van der Waals surface area contributed by atoms with E-state index in [0.717, 1.165) is 34.2 Å². The number of hydrazone groups is 1. The van der Waals surface area contributed by atoms with Crippen LogP contribution in [0.2, 0.25) is 0 Å². The molecule has 3 heteroatoms. The van der Waals surface area contributed by atoms with E-state index in [9.17, 15) is 0 Å². The highest BCUT2D eigenvalue weighted by molar-refractivity contribution is 6.15. The van der Waals surface area contributed by atoms with Gasteiger partial charge in [-0.3, -0.25) is 4.90 Å². The summed E-state index contributed by atoms with van der Waals surface area (Å²) in [5.41, 5.74) is 4.28. The molecule has 0 saturated carbocycles. The second-order valence-electron chi connectivity index (χ2n) is 7.02. The van der Waals surface area contributed by atoms with Gasteiger partial charge in [-0.05, 0) is 35.9 Å². The van der Waals surface area contributed by atoms with E-state index in [1.165, 1.54) is 0 Å². The van der Waals surface area contributed by atoms with Crippen molar-refractivity contribution in [3.8, 4) is 0 Å². The molecule has 0 aromatic heterocycles. The van der Waals surface area contributed by atoms with Gasteiger partial charge in [-0.15, -0.1) is 5.10 Å². The average Bonchev–Trinajstić information content (AvgIpc) is 3.20. The molecule has 30 heavy (non-hydrogen) atoms. The fourth-order valence-electron chi connectivity index (χ4n) is 3.58. The quantitative estimate of drug-likeness (QED) is 0.378. The molecule has 3 nitrogen and oxygen atoms in total. The van der Waals surface area contributed by atoms with Crippen LogP contribution in [-0.2, 0) is 0 Å². The molecule has 144 valence electrons. The molecule has 0 saturated heterocycles. The van der Waals surface area contributed by atoms with E-state index in [1.807, 2.05) is 53.5 Å². The van der Waals surface area contributed by atoms with Crippen LogP contribution in [0.25, 0.3) is 6.08 Å². The lowest BCUT2D eigenvalue weighted by atomic mass is 10.2. The van der Waals surface area contributed by atoms with E-state index in [1.54, 1.807) is 0 Å². The fourth-order valence-corrected chi connectivity index (χ4v) is 3.58. The standard InChI is InChI=1S/C27H21N3/c1-5-13-22(14-6-1)21-26-29(24-17-9-3-10-18-24)27(23-15-7-2-8-16-23)28-30(26)25-19-11-4-12-20-25/h1-21H/b26-21-/i26+1. The number of rotatable bonds is 4. The van der Waals surface area contributed by atoms with Crippen molar-refractivity contribution in [1.29, 1.82) is 0 Å². The molecule has 4 aromatic rings. The van der Waals surface area contributed by atoms with Gasteiger partial charge in [0.05, 0.1) is 5.69 Å². The molecule has 0 spiro atoms. The van der Waals surface area contributed by atoms with Gasteiger partial charge in [0.25, 0.3) is 0 Å². The number of nitrogens with zero attached hydrogens (tertiary/aromatic N) is 3. The third-order valence-electron chi connectivity index (χ3n) is 5.00. The minimum absolute atomic E-state index is 0.896. The van der Waals surface area contributed by atoms with Crippen molar-refractivity contribution in [3.63, 3.8) is 0 Å². The fraction of sp³-hybridized carbons (Fsp3) is 0. The highest BCUT2D eigenvalue weighted by Gasteiger charge is 2.32. The molecule has 0 atom stereocenters. The van der Waals surface area contributed by atoms with Crippen molar-refractivity contribution in [2.75, 3.05) is 9.91 Å². The van der Waals surface area contributed by atoms with Crippen LogP contribution >= 0.6 is 0 Å². The lowest BCUT2D eigenvalue weighted by Crippen LogP contribution is -2.29. The highest BCUT2D eigenvalue weighted by atomic mass is 15.7. The normalized spacial score (nSPS) is 14.8. The van der Waals surface area contributed by atoms with Crippen LogP contribution < -0.4 is 9.91 Å². The third-order valence-corrected chi connectivity index (χ3v) is 5.00. The smallest absolute Gasteiger partial charge is 0.167 e. The summed E-state index contributed by atoms with van der Waals surface area (Å²) in [5.74, 6) is 1.88. The second kappa shape index (κ2) is 8.10. The van der Waals surface area contributed by atoms with Crippen LogP contribution in [0.15, 0.2) is 132 Å². The summed E-state index contributed by atoms with van der Waals surface area (Å²) < 4.78 is 0. The van der Waals surface area contributed by atoms with Crippen LogP contribution in [0.3, 0.4) is 0 Å². The molecule has 0 aliphatic carbocycles. The molecule has 4 aromatic carbocycles. The van der Waals surface area contributed by atoms with E-state index >= 15 is 0 Å². The second-order valence-corrected chi connectivity index (χ2v) is 7.02. The van der Waals surface area contributed by atoms with Gasteiger partial charge >= 0.3 is 0 Å². The maximum absolute atomic E-state index is 5.07. The number of benzene rings is 4. The summed E-state index contributed by atoms with van der Waals surface area (Å²) in [5, 5.41) is 7.09. The zero-order valence-corrected chi connectivity index (χ0v) is 16.5. The van der Waals surface area contributed by atoms with Crippen molar-refractivity contribution in [2.24, 2.45) is 5.10 Å². The summed E-state index contributed by atoms with van der Waals surface area (Å²) >= 11 is 0. The number of amidine groups is 1. The first-order valence-corrected chi connectivity index (χ1v) is 10.0. The molecule has 1 heterocycles. The molecule has 1 aliphatic rings. The lowest BCUT2D eigenvalue weighted by Gasteiger charge is -2.25. The Balaban J connectivity index is 1.72. The van der Waals surface area contributed by atoms with Crippen LogP contribution in [0.4, 0.5) is 11.4 Å². The Kier molecular flexibility index (Phi) is 4.84. The Morgan fingerprint density at radius 2 is 1.03 bits per heavy atom. The molecule has 0 N–H and O–H groups in total. The molecular weight excluding hydrogens is 367 g/mol. The predicted molar refractivity (Wildman–Crippen MR) is 125 cm³/mol. The van der Waals surface area contributed by atoms with E-state index in [2.05, 4.69) is 83.8 Å². The first kappa shape index (κ1) is 18.0. The Morgan fingerprint density at radius 3 is 1.63 bits per heavy atom. The minimum Gasteiger partial charge on any atom is -0.277 e. The number of hydrogen-bond donors (Lipinski definition) is 0. The Hall–Kier alpha value is -4.11. The van der Waals surface area contributed by atoms with Gasteiger partial charge in [-0.2, -0.15) is 0 Å². The van der Waals surface area contributed by atoms with E-state index in [-0.39, 0.29) is 0 Å². The van der Waals surface area contributed by atoms with Gasteiger partial charge in [-0.1, -0.05) is 97.1 Å². The van der Waals surface area contributed by atoms with Crippen LogP contribution in [0.1, 0.15) is 11.1 Å². The van der Waals surface area contributed by atoms with Gasteiger partial charge < -0.3 is 0 Å². The molecule has 0 unspecified atom stereocenters. The topological polar surface area (TPSA) is 18.8 Å². The molecule has 5 rings (SSSR count). The summed E-state index contributed by atoms with van der Waals surface area (Å²) in [6.07, 6.45) is 2.18. The maximum Gasteiger partial charge on any atom is 0.167 e. The summed E-state index contributed by atoms with van der Waals surface area (Å²) in [6, 6.07) is 41.4. The van der Waals surface area contributed by atoms with Gasteiger partial charge in [0.1, 0.15) is 5.82 Å². The van der Waals surface area contributed by atoms with Crippen molar-refractivity contribution in [2.45, 2.75) is 0 Å². The average molecular weight is 388 g/mol. The van der Waals surface area contributed by atoms with Crippen LogP contribution in [0, 0.1) is 0 Å². The van der Waals surface area contributed by atoms with Gasteiger partial charge in [0, 0.05) is 11.3 Å². The monoisotopic (exact) mass is 388 g/mol. The largest absolute Gasteiger partial charge is 0.277 e. The minimum atomic E-state index is 0.896. The zero-order chi connectivity index (χ0) is 20.2. The molecule has 0 bridgehead atoms. The van der Waals surface area contributed by atoms with Crippen molar-refractivity contribution in [3.05, 3.63) is 138 Å². The maximum atomic E-state index is 5.07. The molecule has 0 fully saturated rings. The van der Waals surface area contributed by atoms with Gasteiger partial charge in [0.15, 0.2) is 5.84 Å². The summed E-state index contributed by atoms with van der Waals surface area (Å²) in [7, 11) is 0. The Labute approximate surface area is 176 Å². The first-order valence-electron chi connectivity index (χ1n) is 10.0. The number of para-hydroxylation sites is 2. The Morgan fingerprint density at radius 1 is 0.533 bits per heavy atom. The van der Waals surface area contributed by atoms with Crippen LogP contribution in [-0.4, -0.2) is 5.84 Å². The Bertz CT molecular complexity index is 1170. The van der Waals surface area contributed by atoms with Gasteiger partial charge in [-0.25, -0.2) is 5.01 Å². The number of hydrogen-bond acceptors (Lipinski definition) is 3. The first-order chi connectivity index (χ1) is 14.9. The SMILES string of the molecule is C(/c1ccccc1)=[13C]1/N(c2ccccc2)N=C(c2ccccc2)N1c1ccccc1. The third kappa shape index (κ3) is 3.49. The van der Waals surface area contributed by atoms with E-state index < -0.39 is 0 Å². The molecule has 0 radical (unpaired) electrons. The highest BCUT2D eigenvalue weighted by Crippen LogP contribution is 2.35. The molecule has 0 amide bonds. The summed E-state index contributed by atoms with van der Waals surface area (Å²) in [4.78, 5) is 2.22. The van der Waals surface area contributed by atoms with E-state index in [4.69, 9.17) is 5.10 Å². The predicted octanol–water partition coefficient (Wildman–Crippen LogP) is 6.37. The summed E-state index contributed by atoms with van der Waals surface area (Å²) in [6.45, 7) is 0. The van der Waals surface area contributed by atoms with Gasteiger partial charge in [0.2, 0.25) is 0 Å². The molecular formula is C27H21N3. The number of anilines is 2. The van der Waals surface area contributed by atoms with E-state index in [0.29, 0.717) is 0 Å². The van der Waals surface area contributed by atoms with Crippen molar-refractivity contribution >= 4 is 23.3 Å². The lowest BCUT2D eigenvalue weighted by molar-refractivity contribution is 1.03. The van der Waals surface area contributed by atoms with Crippen molar-refractivity contribution < 1.29 is 0 Å². The zero-order valence-electron chi connectivity index (χ0n) is 16.5. The van der Waals surface area contributed by atoms with Crippen molar-refractivity contribution in [1.82, 2.24) is 0 Å². The van der Waals surface area contributed by atoms with Crippen LogP contribution in [0.5, 0.6) is 0 Å². The molecule has 1 aliphatic heterocycles.